The predicted octanol–water partition coefficient (Wildman–Crippen LogP) is 0.851. The summed E-state index contributed by atoms with van der Waals surface area (Å²) in [5, 5.41) is 8.05. The first-order valence-electron chi connectivity index (χ1n) is 1.70. The molecule has 2 atom stereocenters. The summed E-state index contributed by atoms with van der Waals surface area (Å²) in [6.07, 6.45) is -1.67. The molecule has 0 aliphatic rings. The van der Waals surface area contributed by atoms with Crippen LogP contribution >= 0.6 is 11.6 Å². The lowest BCUT2D eigenvalue weighted by Crippen LogP contribution is -2.17. The molecule has 7 heavy (non-hydrogen) atoms. The van der Waals surface area contributed by atoms with Crippen LogP contribution in [-0.4, -0.2) is 23.5 Å². The van der Waals surface area contributed by atoms with Crippen LogP contribution in [0.2, 0.25) is 0 Å². The lowest BCUT2D eigenvalue weighted by Gasteiger charge is -2.01. The fraction of sp³-hybridized carbons (Fsp3) is 1.00. The van der Waals surface area contributed by atoms with E-state index in [-0.39, 0.29) is 0 Å². The van der Waals surface area contributed by atoms with E-state index in [4.69, 9.17) is 5.11 Å². The summed E-state index contributed by atoms with van der Waals surface area (Å²) < 4.78 is 22.4. The zero-order valence-electron chi connectivity index (χ0n) is 3.44. The van der Waals surface area contributed by atoms with Gasteiger partial charge in [-0.15, -0.1) is 0 Å². The normalized spacial score (nSPS) is 18.9. The van der Waals surface area contributed by atoms with Crippen LogP contribution in [0, 0.1) is 0 Å². The van der Waals surface area contributed by atoms with Gasteiger partial charge in [0.2, 0.25) is 5.63 Å². The van der Waals surface area contributed by atoms with Crippen LogP contribution in [-0.2, 0) is 0 Å². The Labute approximate surface area is 44.9 Å². The predicted molar refractivity (Wildman–Crippen MR) is 22.7 cm³/mol. The van der Waals surface area contributed by atoms with Crippen molar-refractivity contribution in [3.8, 4) is 0 Å². The minimum atomic E-state index is -1.98. The lowest BCUT2D eigenvalue weighted by atomic mass is 10.4. The molecule has 0 saturated carbocycles. The highest BCUT2D eigenvalue weighted by Gasteiger charge is 2.12. The first kappa shape index (κ1) is 7.11. The van der Waals surface area contributed by atoms with Gasteiger partial charge in [0.15, 0.2) is 0 Å². The molecule has 0 saturated heterocycles. The Bertz CT molecular complexity index is 50.2. The highest BCUT2D eigenvalue weighted by molar-refractivity contribution is 6.19. The summed E-state index contributed by atoms with van der Waals surface area (Å²) >= 11 is 4.57. The monoisotopic (exact) mass is 130 g/mol. The molecule has 0 aromatic carbocycles. The summed E-state index contributed by atoms with van der Waals surface area (Å²) in [5.41, 5.74) is -1.98. The van der Waals surface area contributed by atoms with Crippen molar-refractivity contribution in [1.82, 2.24) is 0 Å². The van der Waals surface area contributed by atoms with Crippen LogP contribution in [0.5, 0.6) is 0 Å². The van der Waals surface area contributed by atoms with Gasteiger partial charge in [0.05, 0.1) is 0 Å². The highest BCUT2D eigenvalue weighted by atomic mass is 35.5. The van der Waals surface area contributed by atoms with Crippen molar-refractivity contribution in [3.63, 3.8) is 0 Å². The number of aliphatic hydroxyl groups is 1. The molecule has 44 valence electrons. The summed E-state index contributed by atoms with van der Waals surface area (Å²) in [6.45, 7) is -1.13. The molecule has 0 radical (unpaired) electrons. The smallest absolute Gasteiger partial charge is 0.201 e. The lowest BCUT2D eigenvalue weighted by molar-refractivity contribution is 0.0928. The number of halogens is 3. The van der Waals surface area contributed by atoms with Crippen molar-refractivity contribution in [2.45, 2.75) is 11.7 Å². The van der Waals surface area contributed by atoms with Gasteiger partial charge in [-0.05, 0) is 0 Å². The second kappa shape index (κ2) is 3.16. The van der Waals surface area contributed by atoms with Crippen molar-refractivity contribution in [1.29, 1.82) is 0 Å². The van der Waals surface area contributed by atoms with Gasteiger partial charge in [0, 0.05) is 0 Å². The molecular formula is C3H5ClF2O. The van der Waals surface area contributed by atoms with Crippen LogP contribution in [0.3, 0.4) is 0 Å². The standard InChI is InChI=1S/C3H5ClF2O/c4-3(6)2(7)1-5/h2-3,7H,1H2. The van der Waals surface area contributed by atoms with Crippen molar-refractivity contribution in [2.24, 2.45) is 0 Å². The summed E-state index contributed by atoms with van der Waals surface area (Å²) in [4.78, 5) is 0. The van der Waals surface area contributed by atoms with Gasteiger partial charge in [-0.3, -0.25) is 0 Å². The van der Waals surface area contributed by atoms with Crippen molar-refractivity contribution < 1.29 is 13.9 Å². The van der Waals surface area contributed by atoms with Crippen LogP contribution in [0.1, 0.15) is 0 Å². The third-order valence-electron chi connectivity index (χ3n) is 0.449. The SMILES string of the molecule is OC(CF)C(F)Cl. The third kappa shape index (κ3) is 2.76. The Morgan fingerprint density at radius 1 is 1.71 bits per heavy atom. The third-order valence-corrected chi connectivity index (χ3v) is 0.740. The average Bonchev–Trinajstić information content (AvgIpc) is 1.65. The van der Waals surface area contributed by atoms with Gasteiger partial charge in [-0.1, -0.05) is 11.6 Å². The molecule has 0 rings (SSSR count). The molecule has 0 aromatic rings. The molecule has 2 unspecified atom stereocenters. The summed E-state index contributed by atoms with van der Waals surface area (Å²) in [7, 11) is 0. The minimum absolute atomic E-state index is 1.13. The molecule has 0 bridgehead atoms. The van der Waals surface area contributed by atoms with E-state index in [2.05, 4.69) is 11.6 Å². The summed E-state index contributed by atoms with van der Waals surface area (Å²) in [6, 6.07) is 0. The molecule has 1 nitrogen and oxygen atoms in total. The Morgan fingerprint density at radius 2 is 2.14 bits per heavy atom. The van der Waals surface area contributed by atoms with Crippen LogP contribution in [0.15, 0.2) is 0 Å². The number of rotatable bonds is 2. The first-order chi connectivity index (χ1) is 3.18. The van der Waals surface area contributed by atoms with E-state index in [1.54, 1.807) is 0 Å². The van der Waals surface area contributed by atoms with Gasteiger partial charge in [-0.2, -0.15) is 0 Å². The van der Waals surface area contributed by atoms with Gasteiger partial charge >= 0.3 is 0 Å². The first-order valence-corrected chi connectivity index (χ1v) is 2.14. The Morgan fingerprint density at radius 3 is 2.14 bits per heavy atom. The molecule has 1 N–H and O–H groups in total. The van der Waals surface area contributed by atoms with E-state index in [0.717, 1.165) is 0 Å². The number of hydrogen-bond donors (Lipinski definition) is 1. The Kier molecular flexibility index (Phi) is 3.21. The van der Waals surface area contributed by atoms with Crippen molar-refractivity contribution in [2.75, 3.05) is 6.67 Å². The second-order valence-electron chi connectivity index (χ2n) is 1.06. The van der Waals surface area contributed by atoms with Crippen LogP contribution in [0.4, 0.5) is 8.78 Å². The van der Waals surface area contributed by atoms with E-state index < -0.39 is 18.4 Å². The second-order valence-corrected chi connectivity index (χ2v) is 1.47. The molecule has 0 heterocycles. The maximum absolute atomic E-state index is 11.4. The largest absolute Gasteiger partial charge is 0.386 e. The van der Waals surface area contributed by atoms with E-state index in [9.17, 15) is 8.78 Å². The number of hydrogen-bond acceptors (Lipinski definition) is 1. The van der Waals surface area contributed by atoms with Crippen LogP contribution in [0.25, 0.3) is 0 Å². The molecule has 0 fully saturated rings. The zero-order valence-corrected chi connectivity index (χ0v) is 4.20. The fourth-order valence-corrected chi connectivity index (χ4v) is 0.135. The topological polar surface area (TPSA) is 20.2 Å². The van der Waals surface area contributed by atoms with E-state index in [1.165, 1.54) is 0 Å². The van der Waals surface area contributed by atoms with Crippen LogP contribution < -0.4 is 0 Å². The van der Waals surface area contributed by atoms with Gasteiger partial charge in [0.25, 0.3) is 0 Å². The quantitative estimate of drug-likeness (QED) is 0.550. The Hall–Kier alpha value is 0.110. The maximum atomic E-state index is 11.4. The molecule has 4 heteroatoms. The van der Waals surface area contributed by atoms with Gasteiger partial charge in [0.1, 0.15) is 12.8 Å². The number of aliphatic hydroxyl groups excluding tert-OH is 1. The molecule has 0 aliphatic heterocycles. The van der Waals surface area contributed by atoms with E-state index >= 15 is 0 Å². The number of alkyl halides is 3. The van der Waals surface area contributed by atoms with Crippen molar-refractivity contribution >= 4 is 11.6 Å². The summed E-state index contributed by atoms with van der Waals surface area (Å²) in [5.74, 6) is 0. The van der Waals surface area contributed by atoms with Crippen molar-refractivity contribution in [3.05, 3.63) is 0 Å². The van der Waals surface area contributed by atoms with E-state index in [1.807, 2.05) is 0 Å². The molecule has 0 aromatic heterocycles. The maximum Gasteiger partial charge on any atom is 0.201 e. The van der Waals surface area contributed by atoms with E-state index in [0.29, 0.717) is 0 Å². The molecule has 0 aliphatic carbocycles. The molecular weight excluding hydrogens is 125 g/mol. The Balaban J connectivity index is 3.14. The fourth-order valence-electron chi connectivity index (χ4n) is 0.0673. The zero-order chi connectivity index (χ0) is 5.86. The van der Waals surface area contributed by atoms with Gasteiger partial charge in [-0.25, -0.2) is 8.78 Å². The highest BCUT2D eigenvalue weighted by Crippen LogP contribution is 2.03. The molecule has 0 amide bonds. The minimum Gasteiger partial charge on any atom is -0.386 e. The molecule has 0 spiro atoms. The van der Waals surface area contributed by atoms with Gasteiger partial charge < -0.3 is 5.11 Å². The average molecular weight is 131 g/mol.